The maximum absolute atomic E-state index is 12.6. The highest BCUT2D eigenvalue weighted by atomic mass is 32.1. The van der Waals surface area contributed by atoms with Crippen molar-refractivity contribution >= 4 is 23.2 Å². The van der Waals surface area contributed by atoms with Crippen LogP contribution in [0.2, 0.25) is 0 Å². The Hall–Kier alpha value is -2.41. The summed E-state index contributed by atoms with van der Waals surface area (Å²) in [5.74, 6) is -1.12. The number of amides is 1. The van der Waals surface area contributed by atoms with E-state index in [-0.39, 0.29) is 18.4 Å². The lowest BCUT2D eigenvalue weighted by molar-refractivity contribution is -0.141. The van der Waals surface area contributed by atoms with E-state index in [1.165, 1.54) is 0 Å². The zero-order chi connectivity index (χ0) is 18.7. The predicted molar refractivity (Wildman–Crippen MR) is 98.6 cm³/mol. The highest BCUT2D eigenvalue weighted by molar-refractivity contribution is 7.09. The lowest BCUT2D eigenvalue weighted by atomic mass is 9.88. The van der Waals surface area contributed by atoms with Crippen LogP contribution in [-0.2, 0) is 16.0 Å². The molecule has 0 bridgehead atoms. The molecule has 3 rings (SSSR count). The van der Waals surface area contributed by atoms with E-state index in [0.717, 1.165) is 16.1 Å². The monoisotopic (exact) mass is 374 g/mol. The predicted octanol–water partition coefficient (Wildman–Crippen LogP) is 2.72. The topological polar surface area (TPSA) is 79.7 Å². The number of rotatable bonds is 6. The summed E-state index contributed by atoms with van der Waals surface area (Å²) in [5, 5.41) is 9.64. The molecule has 0 saturated carbocycles. The molecule has 1 aliphatic rings. The van der Waals surface area contributed by atoms with Crippen molar-refractivity contribution in [1.82, 2.24) is 9.88 Å². The number of carbonyl (C=O) groups excluding carboxylic acids is 1. The number of likely N-dealkylation sites (tertiary alicyclic amines) is 1. The number of aliphatic carboxylic acids is 1. The number of benzene rings is 1. The smallest absolute Gasteiger partial charge is 0.308 e. The molecule has 0 radical (unpaired) electrons. The normalized spacial score (nSPS) is 19.5. The number of aryl methyl sites for hydroxylation is 2. The van der Waals surface area contributed by atoms with Crippen molar-refractivity contribution in [3.05, 3.63) is 45.9 Å². The van der Waals surface area contributed by atoms with E-state index in [4.69, 9.17) is 4.74 Å². The molecular formula is C19H22N2O4S. The van der Waals surface area contributed by atoms with Gasteiger partial charge in [-0.15, -0.1) is 11.3 Å². The van der Waals surface area contributed by atoms with Crippen LogP contribution < -0.4 is 4.74 Å². The van der Waals surface area contributed by atoms with Gasteiger partial charge in [0, 0.05) is 30.3 Å². The molecule has 7 heteroatoms. The Balaban J connectivity index is 1.73. The largest absolute Gasteiger partial charge is 0.496 e. The third kappa shape index (κ3) is 3.72. The summed E-state index contributed by atoms with van der Waals surface area (Å²) in [6, 6.07) is 7.43. The lowest BCUT2D eigenvalue weighted by Gasteiger charge is -2.18. The number of carbonyl (C=O) groups is 2. The Morgan fingerprint density at radius 3 is 2.77 bits per heavy atom. The summed E-state index contributed by atoms with van der Waals surface area (Å²) in [7, 11) is 1.57. The zero-order valence-corrected chi connectivity index (χ0v) is 15.7. The quantitative estimate of drug-likeness (QED) is 0.841. The number of carboxylic acid groups (broad SMARTS) is 1. The van der Waals surface area contributed by atoms with Crippen LogP contribution in [0.1, 0.15) is 28.5 Å². The molecule has 1 amide bonds. The van der Waals surface area contributed by atoms with Crippen LogP contribution in [0.5, 0.6) is 5.75 Å². The second kappa shape index (κ2) is 7.86. The minimum atomic E-state index is -0.880. The Morgan fingerprint density at radius 2 is 2.12 bits per heavy atom. The fourth-order valence-corrected chi connectivity index (χ4v) is 4.27. The van der Waals surface area contributed by atoms with Crippen molar-refractivity contribution in [3.8, 4) is 5.75 Å². The summed E-state index contributed by atoms with van der Waals surface area (Å²) < 4.78 is 5.39. The number of aromatic nitrogens is 1. The van der Waals surface area contributed by atoms with Crippen molar-refractivity contribution in [3.63, 3.8) is 0 Å². The number of nitrogens with zero attached hydrogens (tertiary/aromatic N) is 2. The van der Waals surface area contributed by atoms with Crippen molar-refractivity contribution in [2.75, 3.05) is 20.2 Å². The molecule has 0 spiro atoms. The van der Waals surface area contributed by atoms with Crippen LogP contribution >= 0.6 is 11.3 Å². The SMILES string of the molecule is COc1ccccc1[C@H]1CN(C(=O)CCc2scnc2C)C[C@@H]1C(=O)O. The molecule has 26 heavy (non-hydrogen) atoms. The van der Waals surface area contributed by atoms with Gasteiger partial charge in [0.2, 0.25) is 5.91 Å². The maximum atomic E-state index is 12.6. The average Bonchev–Trinajstić information content (AvgIpc) is 3.26. The summed E-state index contributed by atoms with van der Waals surface area (Å²) in [4.78, 5) is 31.4. The second-order valence-electron chi connectivity index (χ2n) is 6.45. The van der Waals surface area contributed by atoms with Gasteiger partial charge in [-0.25, -0.2) is 4.98 Å². The number of methoxy groups -OCH3 is 1. The highest BCUT2D eigenvalue weighted by Crippen LogP contribution is 2.37. The zero-order valence-electron chi connectivity index (χ0n) is 14.8. The molecule has 1 aliphatic heterocycles. The van der Waals surface area contributed by atoms with Gasteiger partial charge in [0.05, 0.1) is 24.2 Å². The number of hydrogen-bond donors (Lipinski definition) is 1. The van der Waals surface area contributed by atoms with Gasteiger partial charge in [0.15, 0.2) is 0 Å². The molecule has 1 saturated heterocycles. The molecule has 2 aromatic rings. The van der Waals surface area contributed by atoms with Crippen molar-refractivity contribution in [2.24, 2.45) is 5.92 Å². The van der Waals surface area contributed by atoms with Gasteiger partial charge in [0.1, 0.15) is 5.75 Å². The third-order valence-electron chi connectivity index (χ3n) is 4.94. The Labute approximate surface area is 156 Å². The van der Waals surface area contributed by atoms with Crippen molar-refractivity contribution in [2.45, 2.75) is 25.7 Å². The molecule has 1 aromatic heterocycles. The van der Waals surface area contributed by atoms with Gasteiger partial charge in [-0.1, -0.05) is 18.2 Å². The molecule has 0 aliphatic carbocycles. The van der Waals surface area contributed by atoms with Gasteiger partial charge in [-0.3, -0.25) is 9.59 Å². The first-order valence-electron chi connectivity index (χ1n) is 8.53. The van der Waals surface area contributed by atoms with Gasteiger partial charge >= 0.3 is 5.97 Å². The average molecular weight is 374 g/mol. The number of thiazole rings is 1. The van der Waals surface area contributed by atoms with E-state index in [9.17, 15) is 14.7 Å². The van der Waals surface area contributed by atoms with Gasteiger partial charge in [0.25, 0.3) is 0 Å². The first-order valence-corrected chi connectivity index (χ1v) is 9.41. The summed E-state index contributed by atoms with van der Waals surface area (Å²) in [6.07, 6.45) is 1.01. The first-order chi connectivity index (χ1) is 12.5. The van der Waals surface area contributed by atoms with E-state index < -0.39 is 11.9 Å². The van der Waals surface area contributed by atoms with Crippen LogP contribution in [0.3, 0.4) is 0 Å². The fraction of sp³-hybridized carbons (Fsp3) is 0.421. The molecule has 2 heterocycles. The molecule has 6 nitrogen and oxygen atoms in total. The molecule has 1 aromatic carbocycles. The second-order valence-corrected chi connectivity index (χ2v) is 7.39. The minimum Gasteiger partial charge on any atom is -0.496 e. The molecule has 1 N–H and O–H groups in total. The molecule has 1 fully saturated rings. The number of carboxylic acids is 1. The first kappa shape index (κ1) is 18.4. The summed E-state index contributed by atoms with van der Waals surface area (Å²) in [6.45, 7) is 2.57. The van der Waals surface area contributed by atoms with Crippen LogP contribution in [0, 0.1) is 12.8 Å². The van der Waals surface area contributed by atoms with Crippen LogP contribution in [0.4, 0.5) is 0 Å². The van der Waals surface area contributed by atoms with E-state index in [1.54, 1.807) is 28.9 Å². The standard InChI is InChI=1S/C19H22N2O4S/c1-12-17(26-11-20-12)7-8-18(22)21-9-14(15(10-21)19(23)24)13-5-3-4-6-16(13)25-2/h3-6,11,14-15H,7-10H2,1-2H3,(H,23,24)/t14-,15+/m1/s1. The lowest BCUT2D eigenvalue weighted by Crippen LogP contribution is -2.30. The van der Waals surface area contributed by atoms with E-state index in [0.29, 0.717) is 25.1 Å². The van der Waals surface area contributed by atoms with Crippen molar-refractivity contribution < 1.29 is 19.4 Å². The highest BCUT2D eigenvalue weighted by Gasteiger charge is 2.41. The maximum Gasteiger partial charge on any atom is 0.308 e. The number of hydrogen-bond acceptors (Lipinski definition) is 5. The van der Waals surface area contributed by atoms with Gasteiger partial charge in [-0.2, -0.15) is 0 Å². The van der Waals surface area contributed by atoms with Gasteiger partial charge < -0.3 is 14.7 Å². The third-order valence-corrected chi connectivity index (χ3v) is 5.93. The Bertz CT molecular complexity index is 804. The molecule has 0 unspecified atom stereocenters. The van der Waals surface area contributed by atoms with Gasteiger partial charge in [-0.05, 0) is 25.0 Å². The summed E-state index contributed by atoms with van der Waals surface area (Å²) in [5.41, 5.74) is 3.58. The summed E-state index contributed by atoms with van der Waals surface area (Å²) >= 11 is 1.55. The van der Waals surface area contributed by atoms with Crippen LogP contribution in [-0.4, -0.2) is 47.1 Å². The van der Waals surface area contributed by atoms with E-state index >= 15 is 0 Å². The Morgan fingerprint density at radius 1 is 1.35 bits per heavy atom. The molecule has 2 atom stereocenters. The van der Waals surface area contributed by atoms with Crippen LogP contribution in [0.15, 0.2) is 29.8 Å². The van der Waals surface area contributed by atoms with Crippen molar-refractivity contribution in [1.29, 1.82) is 0 Å². The van der Waals surface area contributed by atoms with E-state index in [1.807, 2.05) is 31.2 Å². The minimum absolute atomic E-state index is 0.0125. The molecule has 138 valence electrons. The number of para-hydroxylation sites is 1. The van der Waals surface area contributed by atoms with Crippen LogP contribution in [0.25, 0.3) is 0 Å². The van der Waals surface area contributed by atoms with E-state index in [2.05, 4.69) is 4.98 Å². The Kier molecular flexibility index (Phi) is 5.56. The number of ether oxygens (including phenoxy) is 1. The fourth-order valence-electron chi connectivity index (χ4n) is 3.49. The molecular weight excluding hydrogens is 352 g/mol.